The molecule has 1 aliphatic carbocycles. The van der Waals surface area contributed by atoms with Gasteiger partial charge in [-0.2, -0.15) is 0 Å². The van der Waals surface area contributed by atoms with E-state index >= 15 is 0 Å². The van der Waals surface area contributed by atoms with Crippen molar-refractivity contribution in [3.63, 3.8) is 0 Å². The minimum absolute atomic E-state index is 0. The van der Waals surface area contributed by atoms with Gasteiger partial charge < -0.3 is 15.8 Å². The normalized spacial score (nSPS) is 26.7. The van der Waals surface area contributed by atoms with E-state index in [1.165, 1.54) is 57.1 Å². The molecule has 2 heterocycles. The van der Waals surface area contributed by atoms with Crippen LogP contribution in [0.2, 0.25) is 0 Å². The molecule has 4 rings (SSSR count). The molecule has 0 bridgehead atoms. The zero-order valence-corrected chi connectivity index (χ0v) is 18.4. The van der Waals surface area contributed by atoms with Crippen LogP contribution in [0.3, 0.4) is 0 Å². The van der Waals surface area contributed by atoms with Crippen molar-refractivity contribution >= 4 is 29.9 Å². The maximum Gasteiger partial charge on any atom is 0.189 e. The second-order valence-corrected chi connectivity index (χ2v) is 7.92. The lowest BCUT2D eigenvalue weighted by molar-refractivity contribution is 0.145. The number of halogens is 1. The molecule has 2 aliphatic heterocycles. The predicted molar refractivity (Wildman–Crippen MR) is 121 cm³/mol. The van der Waals surface area contributed by atoms with Crippen molar-refractivity contribution < 1.29 is 4.74 Å². The van der Waals surface area contributed by atoms with Crippen molar-refractivity contribution in [3.8, 4) is 5.75 Å². The summed E-state index contributed by atoms with van der Waals surface area (Å²) in [7, 11) is 0. The number of nitrogens with one attached hydrogen (secondary N) is 1. The summed E-state index contributed by atoms with van der Waals surface area (Å²) in [5, 5.41) is 3.42. The van der Waals surface area contributed by atoms with Gasteiger partial charge in [0.25, 0.3) is 0 Å². The highest BCUT2D eigenvalue weighted by Gasteiger charge is 2.31. The zero-order valence-electron chi connectivity index (χ0n) is 16.1. The fraction of sp³-hybridized carbons (Fsp3) is 0.667. The Morgan fingerprint density at radius 3 is 2.78 bits per heavy atom. The summed E-state index contributed by atoms with van der Waals surface area (Å²) in [5.74, 6) is 1.53. The summed E-state index contributed by atoms with van der Waals surface area (Å²) >= 11 is 0. The molecular weight excluding hydrogens is 451 g/mol. The third-order valence-corrected chi connectivity index (χ3v) is 6.22. The first-order valence-corrected chi connectivity index (χ1v) is 10.3. The summed E-state index contributed by atoms with van der Waals surface area (Å²) in [6.45, 7) is 2.78. The number of benzene rings is 1. The highest BCUT2D eigenvalue weighted by Crippen LogP contribution is 2.31. The Balaban J connectivity index is 0.00000210. The molecule has 2 fully saturated rings. The number of likely N-dealkylation sites (tertiary alicyclic amines) is 1. The van der Waals surface area contributed by atoms with Gasteiger partial charge in [0.05, 0.1) is 19.2 Å². The van der Waals surface area contributed by atoms with Crippen LogP contribution in [0.4, 0.5) is 0 Å². The smallest absolute Gasteiger partial charge is 0.189 e. The largest absolute Gasteiger partial charge is 0.493 e. The molecule has 0 spiro atoms. The second kappa shape index (κ2) is 9.96. The number of rotatable bonds is 4. The summed E-state index contributed by atoms with van der Waals surface area (Å²) in [4.78, 5) is 7.44. The molecule has 5 nitrogen and oxygen atoms in total. The van der Waals surface area contributed by atoms with Gasteiger partial charge in [0.2, 0.25) is 0 Å². The lowest BCUT2D eigenvalue weighted by atomic mass is 9.94. The Bertz CT molecular complexity index is 632. The lowest BCUT2D eigenvalue weighted by Crippen LogP contribution is -2.43. The van der Waals surface area contributed by atoms with Gasteiger partial charge in [-0.3, -0.25) is 9.89 Å². The van der Waals surface area contributed by atoms with E-state index in [1.807, 2.05) is 12.1 Å². The Labute approximate surface area is 180 Å². The van der Waals surface area contributed by atoms with Crippen LogP contribution in [0, 0.1) is 0 Å². The third kappa shape index (κ3) is 5.08. The number of hydrogen-bond acceptors (Lipinski definition) is 3. The number of ether oxygens (including phenoxy) is 1. The summed E-state index contributed by atoms with van der Waals surface area (Å²) in [6.07, 6.45) is 10.4. The van der Waals surface area contributed by atoms with Gasteiger partial charge in [0.15, 0.2) is 5.96 Å². The van der Waals surface area contributed by atoms with Crippen LogP contribution in [-0.2, 0) is 0 Å². The molecule has 2 unspecified atom stereocenters. The predicted octanol–water partition coefficient (Wildman–Crippen LogP) is 3.83. The SMILES string of the molecule is I.NC(=NCC1CCCN1C1CCCCC1)NC1CCOc2ccccc21. The van der Waals surface area contributed by atoms with Crippen molar-refractivity contribution in [2.75, 3.05) is 19.7 Å². The number of nitrogens with two attached hydrogens (primary N) is 1. The Kier molecular flexibility index (Phi) is 7.64. The van der Waals surface area contributed by atoms with Crippen molar-refractivity contribution in [2.24, 2.45) is 10.7 Å². The average molecular weight is 484 g/mol. The molecule has 1 saturated carbocycles. The van der Waals surface area contributed by atoms with Crippen LogP contribution >= 0.6 is 24.0 Å². The highest BCUT2D eigenvalue weighted by molar-refractivity contribution is 14.0. The fourth-order valence-corrected chi connectivity index (χ4v) is 4.87. The monoisotopic (exact) mass is 484 g/mol. The van der Waals surface area contributed by atoms with Crippen molar-refractivity contribution in [2.45, 2.75) is 69.5 Å². The van der Waals surface area contributed by atoms with Crippen LogP contribution in [0.1, 0.15) is 63.0 Å². The summed E-state index contributed by atoms with van der Waals surface area (Å²) in [5.41, 5.74) is 7.43. The van der Waals surface area contributed by atoms with Gasteiger partial charge in [0, 0.05) is 24.1 Å². The molecule has 1 aromatic carbocycles. The zero-order chi connectivity index (χ0) is 17.8. The minimum atomic E-state index is 0. The van der Waals surface area contributed by atoms with Gasteiger partial charge in [0.1, 0.15) is 5.75 Å². The molecule has 27 heavy (non-hydrogen) atoms. The molecule has 0 aromatic heterocycles. The van der Waals surface area contributed by atoms with Crippen molar-refractivity contribution in [1.82, 2.24) is 10.2 Å². The number of nitrogens with zero attached hydrogens (tertiary/aromatic N) is 2. The fourth-order valence-electron chi connectivity index (χ4n) is 4.87. The van der Waals surface area contributed by atoms with Crippen LogP contribution in [0.5, 0.6) is 5.75 Å². The molecule has 1 saturated heterocycles. The number of para-hydroxylation sites is 1. The molecule has 6 heteroatoms. The first-order valence-electron chi connectivity index (χ1n) is 10.3. The average Bonchev–Trinajstić information content (AvgIpc) is 3.16. The number of hydrogen-bond donors (Lipinski definition) is 2. The van der Waals surface area contributed by atoms with E-state index in [0.717, 1.165) is 31.4 Å². The first-order chi connectivity index (χ1) is 12.8. The molecule has 3 aliphatic rings. The molecule has 1 aromatic rings. The maximum absolute atomic E-state index is 6.24. The standard InChI is InChI=1S/C21H32N4O.HI/c22-21(24-19-12-14-26-20-11-5-4-10-18(19)20)23-15-17-9-6-13-25(17)16-7-2-1-3-8-16;/h4-5,10-11,16-17,19H,1-3,6-9,12-15H2,(H3,22,23,24);1H. The molecule has 0 radical (unpaired) electrons. The van der Waals surface area contributed by atoms with E-state index in [9.17, 15) is 0 Å². The molecule has 150 valence electrons. The van der Waals surface area contributed by atoms with Crippen molar-refractivity contribution in [3.05, 3.63) is 29.8 Å². The maximum atomic E-state index is 6.24. The van der Waals surface area contributed by atoms with Gasteiger partial charge in [-0.1, -0.05) is 37.5 Å². The quantitative estimate of drug-likeness (QED) is 0.388. The number of guanidine groups is 1. The van der Waals surface area contributed by atoms with E-state index in [0.29, 0.717) is 12.0 Å². The number of fused-ring (bicyclic) bond motifs is 1. The van der Waals surface area contributed by atoms with E-state index in [-0.39, 0.29) is 30.0 Å². The lowest BCUT2D eigenvalue weighted by Gasteiger charge is -2.35. The highest BCUT2D eigenvalue weighted by atomic mass is 127. The molecule has 0 amide bonds. The Morgan fingerprint density at radius 2 is 1.93 bits per heavy atom. The van der Waals surface area contributed by atoms with E-state index in [1.54, 1.807) is 0 Å². The van der Waals surface area contributed by atoms with Gasteiger partial charge >= 0.3 is 0 Å². The second-order valence-electron chi connectivity index (χ2n) is 7.92. The van der Waals surface area contributed by atoms with Gasteiger partial charge in [-0.15, -0.1) is 24.0 Å². The molecule has 3 N–H and O–H groups in total. The minimum Gasteiger partial charge on any atom is -0.493 e. The Hall–Kier alpha value is -1.02. The van der Waals surface area contributed by atoms with Crippen molar-refractivity contribution in [1.29, 1.82) is 0 Å². The van der Waals surface area contributed by atoms with Crippen LogP contribution in [0.25, 0.3) is 0 Å². The summed E-state index contributed by atoms with van der Waals surface area (Å²) in [6, 6.07) is 9.75. The van der Waals surface area contributed by atoms with E-state index in [4.69, 9.17) is 15.5 Å². The van der Waals surface area contributed by atoms with Gasteiger partial charge in [-0.25, -0.2) is 0 Å². The molecular formula is C21H33IN4O. The van der Waals surface area contributed by atoms with Crippen LogP contribution < -0.4 is 15.8 Å². The topological polar surface area (TPSA) is 62.9 Å². The first kappa shape index (κ1) is 20.7. The Morgan fingerprint density at radius 1 is 1.11 bits per heavy atom. The van der Waals surface area contributed by atoms with Gasteiger partial charge in [-0.05, 0) is 38.3 Å². The van der Waals surface area contributed by atoms with E-state index in [2.05, 4.69) is 22.3 Å². The van der Waals surface area contributed by atoms with E-state index < -0.39 is 0 Å². The summed E-state index contributed by atoms with van der Waals surface area (Å²) < 4.78 is 5.73. The van der Waals surface area contributed by atoms with Crippen LogP contribution in [0.15, 0.2) is 29.3 Å². The number of aliphatic imine (C=N–C) groups is 1. The molecule has 2 atom stereocenters. The third-order valence-electron chi connectivity index (χ3n) is 6.22. The van der Waals surface area contributed by atoms with Crippen LogP contribution in [-0.4, -0.2) is 42.6 Å².